The molecule has 1 aliphatic heterocycles. The van der Waals surface area contributed by atoms with Gasteiger partial charge >= 0.3 is 0 Å². The van der Waals surface area contributed by atoms with E-state index in [2.05, 4.69) is 10.6 Å². The summed E-state index contributed by atoms with van der Waals surface area (Å²) < 4.78 is 10.6. The molecule has 2 heterocycles. The first kappa shape index (κ1) is 16.3. The van der Waals surface area contributed by atoms with Gasteiger partial charge in [0.25, 0.3) is 5.91 Å². The smallest absolute Gasteiger partial charge is 0.252 e. The third-order valence-electron chi connectivity index (χ3n) is 3.59. The lowest BCUT2D eigenvalue weighted by molar-refractivity contribution is -0.120. The quantitative estimate of drug-likeness (QED) is 0.803. The number of hydrogen-bond donors (Lipinski definition) is 2. The maximum Gasteiger partial charge on any atom is 0.252 e. The van der Waals surface area contributed by atoms with Crippen molar-refractivity contribution in [1.82, 2.24) is 10.6 Å². The first-order valence-electron chi connectivity index (χ1n) is 7.68. The van der Waals surface area contributed by atoms with Gasteiger partial charge in [0.15, 0.2) is 11.5 Å². The average Bonchev–Trinajstić information content (AvgIpc) is 3.26. The number of fused-ring (bicyclic) bond motifs is 1. The summed E-state index contributed by atoms with van der Waals surface area (Å²) in [4.78, 5) is 23.5. The summed E-state index contributed by atoms with van der Waals surface area (Å²) in [6.07, 6.45) is 0.973. The average molecular weight is 346 g/mol. The Balaban J connectivity index is 1.33. The molecule has 0 atom stereocenters. The number of rotatable bonds is 7. The second-order valence-electron chi connectivity index (χ2n) is 5.31. The van der Waals surface area contributed by atoms with E-state index in [1.807, 2.05) is 23.6 Å². The molecule has 2 amide bonds. The number of benzene rings is 1. The van der Waals surface area contributed by atoms with Crippen LogP contribution in [0.25, 0.3) is 0 Å². The molecular weight excluding hydrogens is 328 g/mol. The van der Waals surface area contributed by atoms with Crippen molar-refractivity contribution in [2.45, 2.75) is 12.8 Å². The summed E-state index contributed by atoms with van der Waals surface area (Å²) in [5.41, 5.74) is 1.70. The van der Waals surface area contributed by atoms with E-state index in [0.717, 1.165) is 17.1 Å². The number of ether oxygens (including phenoxy) is 2. The van der Waals surface area contributed by atoms with E-state index >= 15 is 0 Å². The molecule has 0 fully saturated rings. The minimum Gasteiger partial charge on any atom is -0.454 e. The van der Waals surface area contributed by atoms with Gasteiger partial charge in [-0.1, -0.05) is 6.07 Å². The summed E-state index contributed by atoms with van der Waals surface area (Å²) in [5, 5.41) is 9.20. The summed E-state index contributed by atoms with van der Waals surface area (Å²) >= 11 is 1.47. The third-order valence-corrected chi connectivity index (χ3v) is 4.28. The SMILES string of the molecule is O=C(CCNC(=O)c1ccsc1)NCCc1ccc2c(c1)OCO2. The van der Waals surface area contributed by atoms with Crippen LogP contribution in [0, 0.1) is 0 Å². The third kappa shape index (κ3) is 4.26. The lowest BCUT2D eigenvalue weighted by Gasteiger charge is -2.07. The Bertz CT molecular complexity index is 715. The Morgan fingerprint density at radius 2 is 1.96 bits per heavy atom. The van der Waals surface area contributed by atoms with Crippen LogP contribution in [0.1, 0.15) is 22.3 Å². The van der Waals surface area contributed by atoms with Crippen molar-refractivity contribution >= 4 is 23.2 Å². The standard InChI is InChI=1S/C17H18N2O4S/c20-16(4-7-19-17(21)13-5-8-24-10-13)18-6-3-12-1-2-14-15(9-12)23-11-22-14/h1-2,5,8-10H,3-4,6-7,11H2,(H,18,20)(H,19,21). The van der Waals surface area contributed by atoms with Gasteiger partial charge in [0.2, 0.25) is 12.7 Å². The van der Waals surface area contributed by atoms with Crippen molar-refractivity contribution < 1.29 is 19.1 Å². The summed E-state index contributed by atoms with van der Waals surface area (Å²) in [5.74, 6) is 1.27. The summed E-state index contributed by atoms with van der Waals surface area (Å²) in [7, 11) is 0. The van der Waals surface area contributed by atoms with Gasteiger partial charge < -0.3 is 20.1 Å². The Morgan fingerprint density at radius 3 is 2.79 bits per heavy atom. The van der Waals surface area contributed by atoms with E-state index in [0.29, 0.717) is 25.1 Å². The number of carbonyl (C=O) groups is 2. The number of hydrogen-bond acceptors (Lipinski definition) is 5. The van der Waals surface area contributed by atoms with Crippen molar-refractivity contribution in [2.75, 3.05) is 19.9 Å². The van der Waals surface area contributed by atoms with Gasteiger partial charge in [-0.05, 0) is 35.6 Å². The second-order valence-corrected chi connectivity index (χ2v) is 6.09. The molecule has 1 aliphatic rings. The van der Waals surface area contributed by atoms with E-state index in [-0.39, 0.29) is 25.0 Å². The van der Waals surface area contributed by atoms with Crippen LogP contribution in [0.5, 0.6) is 11.5 Å². The molecule has 2 aromatic rings. The van der Waals surface area contributed by atoms with E-state index < -0.39 is 0 Å². The molecule has 0 unspecified atom stereocenters. The highest BCUT2D eigenvalue weighted by Crippen LogP contribution is 2.32. The molecule has 1 aromatic carbocycles. The molecule has 7 heteroatoms. The van der Waals surface area contributed by atoms with Crippen LogP contribution >= 0.6 is 11.3 Å². The Hall–Kier alpha value is -2.54. The van der Waals surface area contributed by atoms with E-state index in [1.165, 1.54) is 11.3 Å². The van der Waals surface area contributed by atoms with Crippen molar-refractivity contribution in [3.05, 3.63) is 46.2 Å². The van der Waals surface area contributed by atoms with E-state index in [9.17, 15) is 9.59 Å². The van der Waals surface area contributed by atoms with Crippen molar-refractivity contribution in [1.29, 1.82) is 0 Å². The van der Waals surface area contributed by atoms with Gasteiger partial charge in [0.1, 0.15) is 0 Å². The first-order valence-corrected chi connectivity index (χ1v) is 8.62. The van der Waals surface area contributed by atoms with Crippen LogP contribution < -0.4 is 20.1 Å². The van der Waals surface area contributed by atoms with Crippen LogP contribution in [-0.2, 0) is 11.2 Å². The van der Waals surface area contributed by atoms with Crippen LogP contribution in [0.4, 0.5) is 0 Å². The molecule has 0 aliphatic carbocycles. The predicted octanol–water partition coefficient (Wildman–Crippen LogP) is 1.96. The van der Waals surface area contributed by atoms with E-state index in [4.69, 9.17) is 9.47 Å². The molecule has 0 saturated carbocycles. The molecule has 0 bridgehead atoms. The Kier molecular flexibility index (Phi) is 5.32. The lowest BCUT2D eigenvalue weighted by Crippen LogP contribution is -2.31. The fraction of sp³-hybridized carbons (Fsp3) is 0.294. The number of carbonyl (C=O) groups excluding carboxylic acids is 2. The first-order chi connectivity index (χ1) is 11.7. The van der Waals surface area contributed by atoms with Crippen LogP contribution in [0.2, 0.25) is 0 Å². The predicted molar refractivity (Wildman–Crippen MR) is 90.5 cm³/mol. The van der Waals surface area contributed by atoms with Gasteiger partial charge in [-0.2, -0.15) is 11.3 Å². The highest BCUT2D eigenvalue weighted by Gasteiger charge is 2.13. The monoisotopic (exact) mass is 346 g/mol. The minimum absolute atomic E-state index is 0.0821. The van der Waals surface area contributed by atoms with Crippen molar-refractivity contribution in [2.24, 2.45) is 0 Å². The molecule has 0 radical (unpaired) electrons. The zero-order valence-electron chi connectivity index (χ0n) is 13.0. The lowest BCUT2D eigenvalue weighted by atomic mass is 10.1. The summed E-state index contributed by atoms with van der Waals surface area (Å²) in [6.45, 7) is 1.12. The highest BCUT2D eigenvalue weighted by atomic mass is 32.1. The molecule has 0 spiro atoms. The van der Waals surface area contributed by atoms with Gasteiger partial charge in [-0.3, -0.25) is 9.59 Å². The maximum absolute atomic E-state index is 11.8. The van der Waals surface area contributed by atoms with Crippen molar-refractivity contribution in [3.63, 3.8) is 0 Å². The Morgan fingerprint density at radius 1 is 1.08 bits per heavy atom. The number of amides is 2. The molecule has 1 aromatic heterocycles. The fourth-order valence-electron chi connectivity index (χ4n) is 2.32. The zero-order valence-corrected chi connectivity index (χ0v) is 13.9. The molecule has 0 saturated heterocycles. The topological polar surface area (TPSA) is 76.7 Å². The van der Waals surface area contributed by atoms with Crippen LogP contribution in [0.15, 0.2) is 35.0 Å². The van der Waals surface area contributed by atoms with Crippen molar-refractivity contribution in [3.8, 4) is 11.5 Å². The fourth-order valence-corrected chi connectivity index (χ4v) is 2.95. The summed E-state index contributed by atoms with van der Waals surface area (Å²) in [6, 6.07) is 7.52. The van der Waals surface area contributed by atoms with Gasteiger partial charge in [0, 0.05) is 30.5 Å². The van der Waals surface area contributed by atoms with E-state index in [1.54, 1.807) is 11.4 Å². The molecule has 126 valence electrons. The normalized spacial score (nSPS) is 12.0. The van der Waals surface area contributed by atoms with Gasteiger partial charge in [-0.15, -0.1) is 0 Å². The second kappa shape index (κ2) is 7.83. The Labute approximate surface area is 143 Å². The molecule has 3 rings (SSSR count). The zero-order chi connectivity index (χ0) is 16.8. The van der Waals surface area contributed by atoms with Gasteiger partial charge in [0.05, 0.1) is 0 Å². The molecular formula is C17H18N2O4S. The molecule has 24 heavy (non-hydrogen) atoms. The largest absolute Gasteiger partial charge is 0.454 e. The number of thiophene rings is 1. The number of nitrogens with one attached hydrogen (secondary N) is 2. The van der Waals surface area contributed by atoms with Crippen LogP contribution in [0.3, 0.4) is 0 Å². The minimum atomic E-state index is -0.149. The maximum atomic E-state index is 11.8. The highest BCUT2D eigenvalue weighted by molar-refractivity contribution is 7.08. The van der Waals surface area contributed by atoms with Crippen LogP contribution in [-0.4, -0.2) is 31.7 Å². The molecule has 2 N–H and O–H groups in total. The van der Waals surface area contributed by atoms with Gasteiger partial charge in [-0.25, -0.2) is 0 Å². The molecule has 6 nitrogen and oxygen atoms in total.